The second kappa shape index (κ2) is 7.30. The van der Waals surface area contributed by atoms with E-state index in [-0.39, 0.29) is 12.1 Å². The van der Waals surface area contributed by atoms with Gasteiger partial charge in [-0.25, -0.2) is 4.79 Å². The lowest BCUT2D eigenvalue weighted by Crippen LogP contribution is -2.50. The maximum atomic E-state index is 11.6. The van der Waals surface area contributed by atoms with E-state index in [1.54, 1.807) is 0 Å². The summed E-state index contributed by atoms with van der Waals surface area (Å²) in [4.78, 5) is 11.6. The van der Waals surface area contributed by atoms with Crippen LogP contribution in [0.15, 0.2) is 0 Å². The van der Waals surface area contributed by atoms with Crippen molar-refractivity contribution in [3.8, 4) is 0 Å². The normalized spacial score (nSPS) is 28.8. The zero-order valence-electron chi connectivity index (χ0n) is 14.0. The second-order valence-electron chi connectivity index (χ2n) is 7.36. The quantitative estimate of drug-likeness (QED) is 0.832. The molecule has 0 heterocycles. The Morgan fingerprint density at radius 2 is 1.80 bits per heavy atom. The van der Waals surface area contributed by atoms with Gasteiger partial charge in [-0.15, -0.1) is 0 Å². The van der Waals surface area contributed by atoms with Crippen LogP contribution in [0.3, 0.4) is 0 Å². The maximum absolute atomic E-state index is 11.6. The summed E-state index contributed by atoms with van der Waals surface area (Å²) in [7, 11) is 0. The summed E-state index contributed by atoms with van der Waals surface area (Å²) in [5, 5.41) is 6.50. The second-order valence-corrected chi connectivity index (χ2v) is 7.36. The van der Waals surface area contributed by atoms with E-state index in [4.69, 9.17) is 4.74 Å². The fourth-order valence-corrected chi connectivity index (χ4v) is 2.95. The Labute approximate surface area is 124 Å². The van der Waals surface area contributed by atoms with Gasteiger partial charge >= 0.3 is 6.09 Å². The van der Waals surface area contributed by atoms with Crippen molar-refractivity contribution in [3.63, 3.8) is 0 Å². The molecule has 4 nitrogen and oxygen atoms in total. The van der Waals surface area contributed by atoms with Crippen LogP contribution in [-0.2, 0) is 4.74 Å². The van der Waals surface area contributed by atoms with E-state index >= 15 is 0 Å². The molecule has 1 amide bonds. The lowest BCUT2D eigenvalue weighted by molar-refractivity contribution is 0.0520. The number of hydrogen-bond acceptors (Lipinski definition) is 3. The van der Waals surface area contributed by atoms with Crippen molar-refractivity contribution in [2.24, 2.45) is 11.8 Å². The zero-order valence-corrected chi connectivity index (χ0v) is 14.0. The molecule has 0 aromatic carbocycles. The highest BCUT2D eigenvalue weighted by Gasteiger charge is 2.28. The molecule has 118 valence electrons. The molecule has 0 aromatic rings. The molecule has 1 saturated carbocycles. The first kappa shape index (κ1) is 17.3. The van der Waals surface area contributed by atoms with Crippen LogP contribution in [0, 0.1) is 11.8 Å². The minimum absolute atomic E-state index is 0.260. The Bertz CT molecular complexity index is 302. The molecule has 4 heteroatoms. The Balaban J connectivity index is 2.32. The molecule has 20 heavy (non-hydrogen) atoms. The van der Waals surface area contributed by atoms with Gasteiger partial charge in [-0.2, -0.15) is 0 Å². The van der Waals surface area contributed by atoms with E-state index in [1.165, 1.54) is 19.3 Å². The molecular weight excluding hydrogens is 252 g/mol. The molecular formula is C16H32N2O2. The number of hydrogen-bond donors (Lipinski definition) is 2. The third-order valence-electron chi connectivity index (χ3n) is 3.97. The largest absolute Gasteiger partial charge is 0.444 e. The van der Waals surface area contributed by atoms with E-state index < -0.39 is 5.60 Å². The average Bonchev–Trinajstić information content (AvgIpc) is 2.29. The van der Waals surface area contributed by atoms with E-state index in [0.29, 0.717) is 24.4 Å². The van der Waals surface area contributed by atoms with E-state index in [0.717, 1.165) is 0 Å². The van der Waals surface area contributed by atoms with E-state index in [2.05, 4.69) is 31.4 Å². The van der Waals surface area contributed by atoms with Crippen LogP contribution in [0.4, 0.5) is 4.79 Å². The molecule has 0 spiro atoms. The van der Waals surface area contributed by atoms with Gasteiger partial charge in [-0.3, -0.25) is 0 Å². The van der Waals surface area contributed by atoms with Crippen LogP contribution in [0.2, 0.25) is 0 Å². The number of alkyl carbamates (subject to hydrolysis) is 1. The van der Waals surface area contributed by atoms with Gasteiger partial charge in [0.15, 0.2) is 0 Å². The molecule has 0 aliphatic heterocycles. The molecule has 3 unspecified atom stereocenters. The van der Waals surface area contributed by atoms with E-state index in [1.807, 2.05) is 20.8 Å². The molecule has 2 N–H and O–H groups in total. The Kier molecular flexibility index (Phi) is 6.31. The lowest BCUT2D eigenvalue weighted by Gasteiger charge is -2.37. The first-order valence-electron chi connectivity index (χ1n) is 7.92. The third kappa shape index (κ3) is 6.12. The average molecular weight is 284 g/mol. The van der Waals surface area contributed by atoms with Crippen molar-refractivity contribution < 1.29 is 9.53 Å². The minimum Gasteiger partial charge on any atom is -0.444 e. The summed E-state index contributed by atoms with van der Waals surface area (Å²) >= 11 is 0. The predicted octanol–water partition coefficient (Wildman–Crippen LogP) is 3.31. The molecule has 1 fully saturated rings. The topological polar surface area (TPSA) is 50.4 Å². The molecule has 0 bridgehead atoms. The van der Waals surface area contributed by atoms with Crippen LogP contribution in [0.5, 0.6) is 0 Å². The number of nitrogens with one attached hydrogen (secondary N) is 2. The van der Waals surface area contributed by atoms with Crippen molar-refractivity contribution in [1.82, 2.24) is 10.6 Å². The molecule has 1 rings (SSSR count). The van der Waals surface area contributed by atoms with Gasteiger partial charge in [-0.05, 0) is 52.4 Å². The van der Waals surface area contributed by atoms with Gasteiger partial charge in [0.2, 0.25) is 0 Å². The van der Waals surface area contributed by atoms with Crippen molar-refractivity contribution in [1.29, 1.82) is 0 Å². The Morgan fingerprint density at radius 1 is 1.25 bits per heavy atom. The van der Waals surface area contributed by atoms with Crippen LogP contribution >= 0.6 is 0 Å². The number of amides is 1. The van der Waals surface area contributed by atoms with Crippen LogP contribution in [-0.4, -0.2) is 30.3 Å². The summed E-state index contributed by atoms with van der Waals surface area (Å²) in [5.74, 6) is 1.42. The lowest BCUT2D eigenvalue weighted by atomic mass is 9.78. The predicted molar refractivity (Wildman–Crippen MR) is 82.8 cm³/mol. The molecule has 1 aliphatic rings. The summed E-state index contributed by atoms with van der Waals surface area (Å²) in [5.41, 5.74) is -0.437. The van der Waals surface area contributed by atoms with Gasteiger partial charge in [-0.1, -0.05) is 20.3 Å². The monoisotopic (exact) mass is 284 g/mol. The molecule has 1 aliphatic carbocycles. The summed E-state index contributed by atoms with van der Waals surface area (Å²) in [6.45, 7) is 13.0. The SMILES string of the molecule is CC(CNC(=O)OC(C)(C)C)NC1C(C)CCCC1C. The number of carbonyl (C=O) groups is 1. The summed E-state index contributed by atoms with van der Waals surface area (Å²) < 4.78 is 5.24. The van der Waals surface area contributed by atoms with Crippen molar-refractivity contribution in [2.75, 3.05) is 6.54 Å². The smallest absolute Gasteiger partial charge is 0.407 e. The van der Waals surface area contributed by atoms with Gasteiger partial charge in [0, 0.05) is 18.6 Å². The highest BCUT2D eigenvalue weighted by atomic mass is 16.6. The van der Waals surface area contributed by atoms with Gasteiger partial charge < -0.3 is 15.4 Å². The Hall–Kier alpha value is -0.770. The molecule has 0 saturated heterocycles. The van der Waals surface area contributed by atoms with Gasteiger partial charge in [0.25, 0.3) is 0 Å². The fraction of sp³-hybridized carbons (Fsp3) is 0.938. The van der Waals surface area contributed by atoms with Crippen LogP contribution in [0.1, 0.15) is 60.8 Å². The fourth-order valence-electron chi connectivity index (χ4n) is 2.95. The highest BCUT2D eigenvalue weighted by Crippen LogP contribution is 2.28. The third-order valence-corrected chi connectivity index (χ3v) is 3.97. The van der Waals surface area contributed by atoms with Gasteiger partial charge in [0.1, 0.15) is 5.60 Å². The first-order valence-corrected chi connectivity index (χ1v) is 7.92. The molecule has 0 radical (unpaired) electrons. The minimum atomic E-state index is -0.437. The summed E-state index contributed by atoms with van der Waals surface area (Å²) in [6, 6.07) is 0.815. The summed E-state index contributed by atoms with van der Waals surface area (Å²) in [6.07, 6.45) is 3.60. The number of ether oxygens (including phenoxy) is 1. The van der Waals surface area contributed by atoms with Gasteiger partial charge in [0.05, 0.1) is 0 Å². The van der Waals surface area contributed by atoms with Crippen molar-refractivity contribution >= 4 is 6.09 Å². The van der Waals surface area contributed by atoms with Crippen molar-refractivity contribution in [2.45, 2.75) is 78.5 Å². The van der Waals surface area contributed by atoms with Crippen LogP contribution in [0.25, 0.3) is 0 Å². The molecule has 0 aromatic heterocycles. The zero-order chi connectivity index (χ0) is 15.3. The van der Waals surface area contributed by atoms with Crippen LogP contribution < -0.4 is 10.6 Å². The first-order chi connectivity index (χ1) is 9.19. The van der Waals surface area contributed by atoms with Crippen molar-refractivity contribution in [3.05, 3.63) is 0 Å². The highest BCUT2D eigenvalue weighted by molar-refractivity contribution is 5.67. The van der Waals surface area contributed by atoms with E-state index in [9.17, 15) is 4.79 Å². The maximum Gasteiger partial charge on any atom is 0.407 e. The Morgan fingerprint density at radius 3 is 2.30 bits per heavy atom. The number of carbonyl (C=O) groups excluding carboxylic acids is 1. The number of rotatable bonds is 4. The molecule has 3 atom stereocenters. The standard InChI is InChI=1S/C16H32N2O2/c1-11-8-7-9-12(2)14(11)18-13(3)10-17-15(19)20-16(4,5)6/h11-14,18H,7-10H2,1-6H3,(H,17,19).